The van der Waals surface area contributed by atoms with Crippen LogP contribution in [-0.2, 0) is 0 Å². The van der Waals surface area contributed by atoms with Gasteiger partial charge in [-0.05, 0) is 83.6 Å². The highest BCUT2D eigenvalue weighted by Crippen LogP contribution is 2.27. The molecule has 0 fully saturated rings. The van der Waals surface area contributed by atoms with E-state index in [4.69, 9.17) is 4.74 Å². The number of nitrogens with one attached hydrogen (secondary N) is 1. The zero-order valence-corrected chi connectivity index (χ0v) is 16.2. The Morgan fingerprint density at radius 3 is 2.50 bits per heavy atom. The number of rotatable bonds is 6. The number of carbonyl (C=O) groups excluding carboxylic acids is 1. The third-order valence-electron chi connectivity index (χ3n) is 3.91. The number of anilines is 1. The summed E-state index contributed by atoms with van der Waals surface area (Å²) in [6, 6.07) is 11.3. The van der Waals surface area contributed by atoms with Crippen LogP contribution in [0.5, 0.6) is 5.75 Å². The third kappa shape index (κ3) is 5.10. The zero-order valence-electron chi connectivity index (χ0n) is 14.7. The summed E-state index contributed by atoms with van der Waals surface area (Å²) in [5, 5.41) is 2.93. The van der Waals surface area contributed by atoms with E-state index in [1.807, 2.05) is 31.2 Å². The van der Waals surface area contributed by atoms with Crippen LogP contribution in [0.15, 0.2) is 40.9 Å². The molecule has 0 bridgehead atoms. The van der Waals surface area contributed by atoms with E-state index in [1.165, 1.54) is 5.56 Å². The summed E-state index contributed by atoms with van der Waals surface area (Å²) in [6.45, 7) is 9.09. The van der Waals surface area contributed by atoms with E-state index in [0.717, 1.165) is 27.9 Å². The normalized spacial score (nSPS) is 10.8. The minimum absolute atomic E-state index is 0.132. The van der Waals surface area contributed by atoms with Crippen molar-refractivity contribution in [3.63, 3.8) is 0 Å². The van der Waals surface area contributed by atoms with E-state index in [-0.39, 0.29) is 5.91 Å². The molecule has 1 amide bonds. The van der Waals surface area contributed by atoms with Crippen molar-refractivity contribution in [2.24, 2.45) is 5.92 Å². The average Bonchev–Trinajstić information content (AvgIpc) is 2.52. The van der Waals surface area contributed by atoms with Gasteiger partial charge in [0, 0.05) is 11.3 Å². The highest BCUT2D eigenvalue weighted by molar-refractivity contribution is 9.10. The van der Waals surface area contributed by atoms with Gasteiger partial charge in [-0.25, -0.2) is 0 Å². The Bertz CT molecular complexity index is 726. The monoisotopic (exact) mass is 389 g/mol. The van der Waals surface area contributed by atoms with Crippen LogP contribution in [0.1, 0.15) is 41.8 Å². The summed E-state index contributed by atoms with van der Waals surface area (Å²) in [6.07, 6.45) is 1.00. The van der Waals surface area contributed by atoms with E-state index < -0.39 is 0 Å². The molecule has 0 saturated heterocycles. The number of carbonyl (C=O) groups is 1. The maximum atomic E-state index is 12.4. The molecule has 0 heterocycles. The summed E-state index contributed by atoms with van der Waals surface area (Å²) in [4.78, 5) is 12.4. The smallest absolute Gasteiger partial charge is 0.255 e. The topological polar surface area (TPSA) is 38.3 Å². The lowest BCUT2D eigenvalue weighted by molar-refractivity contribution is 0.102. The van der Waals surface area contributed by atoms with Gasteiger partial charge in [0.1, 0.15) is 5.75 Å². The minimum atomic E-state index is -0.132. The molecule has 3 nitrogen and oxygen atoms in total. The second-order valence-electron chi connectivity index (χ2n) is 6.43. The predicted octanol–water partition coefficient (Wildman–Crippen LogP) is 5.74. The number of hydrogen-bond donors (Lipinski definition) is 1. The molecule has 4 heteroatoms. The molecular formula is C20H24BrNO2. The molecule has 0 aliphatic heterocycles. The van der Waals surface area contributed by atoms with E-state index in [9.17, 15) is 4.79 Å². The summed E-state index contributed by atoms with van der Waals surface area (Å²) in [5.41, 5.74) is 3.76. The molecule has 0 aliphatic carbocycles. The van der Waals surface area contributed by atoms with Crippen molar-refractivity contribution in [2.45, 2.75) is 34.1 Å². The zero-order chi connectivity index (χ0) is 17.7. The van der Waals surface area contributed by atoms with Crippen molar-refractivity contribution in [3.05, 3.63) is 57.6 Å². The molecule has 0 spiro atoms. The van der Waals surface area contributed by atoms with Crippen LogP contribution in [0.25, 0.3) is 0 Å². The molecular weight excluding hydrogens is 366 g/mol. The Kier molecular flexibility index (Phi) is 6.44. The van der Waals surface area contributed by atoms with Crippen LogP contribution in [0, 0.1) is 19.8 Å². The van der Waals surface area contributed by atoms with Crippen molar-refractivity contribution >= 4 is 27.5 Å². The van der Waals surface area contributed by atoms with Crippen molar-refractivity contribution in [1.29, 1.82) is 0 Å². The fourth-order valence-corrected chi connectivity index (χ4v) is 2.68. The highest BCUT2D eigenvalue weighted by atomic mass is 79.9. The number of benzene rings is 2. The first kappa shape index (κ1) is 18.5. The van der Waals surface area contributed by atoms with Crippen LogP contribution < -0.4 is 10.1 Å². The van der Waals surface area contributed by atoms with Gasteiger partial charge in [0.25, 0.3) is 5.91 Å². The molecule has 2 rings (SSSR count). The third-order valence-corrected chi connectivity index (χ3v) is 4.53. The van der Waals surface area contributed by atoms with Gasteiger partial charge in [0.15, 0.2) is 0 Å². The van der Waals surface area contributed by atoms with Gasteiger partial charge in [0.2, 0.25) is 0 Å². The molecule has 24 heavy (non-hydrogen) atoms. The van der Waals surface area contributed by atoms with Crippen LogP contribution >= 0.6 is 15.9 Å². The Morgan fingerprint density at radius 2 is 1.88 bits per heavy atom. The molecule has 0 radical (unpaired) electrons. The Balaban J connectivity index is 2.04. The summed E-state index contributed by atoms with van der Waals surface area (Å²) < 4.78 is 6.54. The maximum absolute atomic E-state index is 12.4. The molecule has 0 aliphatic rings. The lowest BCUT2D eigenvalue weighted by Crippen LogP contribution is -2.12. The van der Waals surface area contributed by atoms with Gasteiger partial charge in [-0.2, -0.15) is 0 Å². The highest BCUT2D eigenvalue weighted by Gasteiger charge is 2.10. The van der Waals surface area contributed by atoms with Crippen molar-refractivity contribution in [1.82, 2.24) is 0 Å². The van der Waals surface area contributed by atoms with Crippen LogP contribution in [0.3, 0.4) is 0 Å². The number of hydrogen-bond acceptors (Lipinski definition) is 2. The first-order chi connectivity index (χ1) is 11.4. The SMILES string of the molecule is Cc1ccc(NC(=O)c2ccc(OCCC(C)C)c(Br)c2)cc1C. The predicted molar refractivity (Wildman–Crippen MR) is 103 cm³/mol. The summed E-state index contributed by atoms with van der Waals surface area (Å²) in [7, 11) is 0. The van der Waals surface area contributed by atoms with Crippen LogP contribution in [0.2, 0.25) is 0 Å². The number of ether oxygens (including phenoxy) is 1. The lowest BCUT2D eigenvalue weighted by atomic mass is 10.1. The van der Waals surface area contributed by atoms with Crippen LogP contribution in [-0.4, -0.2) is 12.5 Å². The maximum Gasteiger partial charge on any atom is 0.255 e. The number of halogens is 1. The van der Waals surface area contributed by atoms with Gasteiger partial charge in [-0.3, -0.25) is 4.79 Å². The molecule has 0 aromatic heterocycles. The standard InChI is InChI=1S/C20H24BrNO2/c1-13(2)9-10-24-19-8-6-16(12-18(19)21)20(23)22-17-7-5-14(3)15(4)11-17/h5-8,11-13H,9-10H2,1-4H3,(H,22,23). The van der Waals surface area contributed by atoms with E-state index in [0.29, 0.717) is 18.1 Å². The molecule has 2 aromatic carbocycles. The average molecular weight is 390 g/mol. The Hall–Kier alpha value is -1.81. The first-order valence-electron chi connectivity index (χ1n) is 8.17. The van der Waals surface area contributed by atoms with E-state index in [1.54, 1.807) is 12.1 Å². The number of amides is 1. The summed E-state index contributed by atoms with van der Waals surface area (Å²) >= 11 is 3.48. The van der Waals surface area contributed by atoms with Gasteiger partial charge in [-0.15, -0.1) is 0 Å². The van der Waals surface area contributed by atoms with Crippen molar-refractivity contribution < 1.29 is 9.53 Å². The molecule has 0 unspecified atom stereocenters. The fourth-order valence-electron chi connectivity index (χ4n) is 2.19. The molecule has 0 atom stereocenters. The summed E-state index contributed by atoms with van der Waals surface area (Å²) in [5.74, 6) is 1.23. The van der Waals surface area contributed by atoms with Crippen molar-refractivity contribution in [2.75, 3.05) is 11.9 Å². The molecule has 2 aromatic rings. The van der Waals surface area contributed by atoms with Gasteiger partial charge in [-0.1, -0.05) is 19.9 Å². The van der Waals surface area contributed by atoms with E-state index >= 15 is 0 Å². The largest absolute Gasteiger partial charge is 0.492 e. The van der Waals surface area contributed by atoms with Gasteiger partial charge in [0.05, 0.1) is 11.1 Å². The first-order valence-corrected chi connectivity index (χ1v) is 8.97. The fraction of sp³-hybridized carbons (Fsp3) is 0.350. The van der Waals surface area contributed by atoms with Crippen LogP contribution in [0.4, 0.5) is 5.69 Å². The quantitative estimate of drug-likeness (QED) is 0.683. The second kappa shape index (κ2) is 8.34. The van der Waals surface area contributed by atoms with Gasteiger partial charge >= 0.3 is 0 Å². The van der Waals surface area contributed by atoms with Gasteiger partial charge < -0.3 is 10.1 Å². The van der Waals surface area contributed by atoms with E-state index in [2.05, 4.69) is 42.0 Å². The Labute approximate surface area is 152 Å². The lowest BCUT2D eigenvalue weighted by Gasteiger charge is -2.11. The second-order valence-corrected chi connectivity index (χ2v) is 7.28. The minimum Gasteiger partial charge on any atom is -0.492 e. The molecule has 1 N–H and O–H groups in total. The molecule has 128 valence electrons. The van der Waals surface area contributed by atoms with Crippen molar-refractivity contribution in [3.8, 4) is 5.75 Å². The Morgan fingerprint density at radius 1 is 1.12 bits per heavy atom. The molecule has 0 saturated carbocycles. The number of aryl methyl sites for hydroxylation is 2.